The SMILES string of the molecule is CC(=Cc1ccccc1)[C@@H]1C[C@H]1NC1CCC(=O)CC1. The highest BCUT2D eigenvalue weighted by atomic mass is 16.1. The Morgan fingerprint density at radius 1 is 1.20 bits per heavy atom. The number of rotatable bonds is 4. The number of benzene rings is 1. The fourth-order valence-corrected chi connectivity index (χ4v) is 3.21. The average Bonchev–Trinajstić information content (AvgIpc) is 3.22. The molecule has 0 bridgehead atoms. The van der Waals surface area contributed by atoms with Crippen LogP contribution in [0.3, 0.4) is 0 Å². The van der Waals surface area contributed by atoms with Gasteiger partial charge in [-0.3, -0.25) is 4.79 Å². The Morgan fingerprint density at radius 3 is 2.60 bits per heavy atom. The highest BCUT2D eigenvalue weighted by Gasteiger charge is 2.39. The first-order valence-corrected chi connectivity index (χ1v) is 7.73. The third-order valence-electron chi connectivity index (χ3n) is 4.56. The largest absolute Gasteiger partial charge is 0.311 e. The fraction of sp³-hybridized carbons (Fsp3) is 0.500. The van der Waals surface area contributed by atoms with Crippen molar-refractivity contribution in [3.63, 3.8) is 0 Å². The third-order valence-corrected chi connectivity index (χ3v) is 4.56. The maximum absolute atomic E-state index is 11.2. The summed E-state index contributed by atoms with van der Waals surface area (Å²) in [5.74, 6) is 1.13. The molecule has 106 valence electrons. The molecule has 1 aromatic rings. The van der Waals surface area contributed by atoms with Crippen LogP contribution in [0, 0.1) is 5.92 Å². The molecule has 1 aromatic carbocycles. The predicted octanol–water partition coefficient (Wildman–Crippen LogP) is 3.58. The van der Waals surface area contributed by atoms with Crippen LogP contribution >= 0.6 is 0 Å². The second-order valence-electron chi connectivity index (χ2n) is 6.23. The molecule has 0 spiro atoms. The number of Topliss-reactive ketones (excluding diaryl/α,β-unsaturated/α-hetero) is 1. The van der Waals surface area contributed by atoms with Gasteiger partial charge in [-0.2, -0.15) is 0 Å². The van der Waals surface area contributed by atoms with Crippen LogP contribution in [0.4, 0.5) is 0 Å². The van der Waals surface area contributed by atoms with Crippen LogP contribution in [-0.4, -0.2) is 17.9 Å². The standard InChI is InChI=1S/C18H23NO/c1-13(11-14-5-3-2-4-6-14)17-12-18(17)19-15-7-9-16(20)10-8-15/h2-6,11,15,17-19H,7-10,12H2,1H3/t17-,18+/m0/s1. The molecule has 2 fully saturated rings. The van der Waals surface area contributed by atoms with Gasteiger partial charge in [0.15, 0.2) is 0 Å². The molecule has 0 saturated heterocycles. The lowest BCUT2D eigenvalue weighted by Crippen LogP contribution is -2.35. The van der Waals surface area contributed by atoms with Crippen molar-refractivity contribution in [2.45, 2.75) is 51.1 Å². The summed E-state index contributed by atoms with van der Waals surface area (Å²) >= 11 is 0. The normalized spacial score (nSPS) is 27.6. The maximum Gasteiger partial charge on any atom is 0.133 e. The Balaban J connectivity index is 1.51. The summed E-state index contributed by atoms with van der Waals surface area (Å²) in [6, 6.07) is 11.7. The van der Waals surface area contributed by atoms with Gasteiger partial charge >= 0.3 is 0 Å². The van der Waals surface area contributed by atoms with Gasteiger partial charge in [0.05, 0.1) is 0 Å². The van der Waals surface area contributed by atoms with Crippen LogP contribution in [0.2, 0.25) is 0 Å². The van der Waals surface area contributed by atoms with E-state index in [1.54, 1.807) is 0 Å². The van der Waals surface area contributed by atoms with Gasteiger partial charge in [0.2, 0.25) is 0 Å². The fourth-order valence-electron chi connectivity index (χ4n) is 3.21. The van der Waals surface area contributed by atoms with Crippen molar-refractivity contribution < 1.29 is 4.79 Å². The summed E-state index contributed by atoms with van der Waals surface area (Å²) in [7, 11) is 0. The van der Waals surface area contributed by atoms with E-state index in [0.717, 1.165) is 25.7 Å². The number of ketones is 1. The Kier molecular flexibility index (Phi) is 4.02. The number of nitrogens with one attached hydrogen (secondary N) is 1. The van der Waals surface area contributed by atoms with Crippen LogP contribution in [0.5, 0.6) is 0 Å². The summed E-state index contributed by atoms with van der Waals surface area (Å²) in [6.07, 6.45) is 7.16. The van der Waals surface area contributed by atoms with Crippen molar-refractivity contribution in [3.8, 4) is 0 Å². The zero-order valence-corrected chi connectivity index (χ0v) is 12.1. The van der Waals surface area contributed by atoms with E-state index in [9.17, 15) is 4.79 Å². The third kappa shape index (κ3) is 3.37. The molecule has 2 aliphatic rings. The molecule has 2 heteroatoms. The van der Waals surface area contributed by atoms with Crippen molar-refractivity contribution in [3.05, 3.63) is 41.5 Å². The molecule has 2 nitrogen and oxygen atoms in total. The molecular formula is C18H23NO. The number of carbonyl (C=O) groups is 1. The van der Waals surface area contributed by atoms with Gasteiger partial charge in [-0.25, -0.2) is 0 Å². The van der Waals surface area contributed by atoms with E-state index in [2.05, 4.69) is 48.6 Å². The molecule has 2 saturated carbocycles. The van der Waals surface area contributed by atoms with Gasteiger partial charge < -0.3 is 5.32 Å². The van der Waals surface area contributed by atoms with Gasteiger partial charge in [0.1, 0.15) is 5.78 Å². The molecule has 2 aliphatic carbocycles. The molecular weight excluding hydrogens is 246 g/mol. The van der Waals surface area contributed by atoms with Crippen molar-refractivity contribution in [2.24, 2.45) is 5.92 Å². The number of carbonyl (C=O) groups excluding carboxylic acids is 1. The summed E-state index contributed by atoms with van der Waals surface area (Å²) in [6.45, 7) is 2.24. The van der Waals surface area contributed by atoms with Crippen LogP contribution in [-0.2, 0) is 4.79 Å². The van der Waals surface area contributed by atoms with Gasteiger partial charge in [-0.05, 0) is 37.7 Å². The van der Waals surface area contributed by atoms with E-state index < -0.39 is 0 Å². The first kappa shape index (κ1) is 13.6. The van der Waals surface area contributed by atoms with Gasteiger partial charge in [-0.1, -0.05) is 42.0 Å². The first-order chi connectivity index (χ1) is 9.72. The molecule has 2 atom stereocenters. The van der Waals surface area contributed by atoms with E-state index in [1.807, 2.05) is 0 Å². The van der Waals surface area contributed by atoms with E-state index >= 15 is 0 Å². The first-order valence-electron chi connectivity index (χ1n) is 7.73. The average molecular weight is 269 g/mol. The zero-order chi connectivity index (χ0) is 13.9. The van der Waals surface area contributed by atoms with Crippen molar-refractivity contribution >= 4 is 11.9 Å². The molecule has 0 radical (unpaired) electrons. The van der Waals surface area contributed by atoms with Crippen LogP contribution in [0.1, 0.15) is 44.6 Å². The molecule has 3 rings (SSSR count). The molecule has 0 heterocycles. The summed E-state index contributed by atoms with van der Waals surface area (Å²) in [4.78, 5) is 11.2. The zero-order valence-electron chi connectivity index (χ0n) is 12.1. The van der Waals surface area contributed by atoms with Crippen LogP contribution in [0.25, 0.3) is 6.08 Å². The molecule has 20 heavy (non-hydrogen) atoms. The maximum atomic E-state index is 11.2. The number of hydrogen-bond acceptors (Lipinski definition) is 2. The second-order valence-corrected chi connectivity index (χ2v) is 6.23. The van der Waals surface area contributed by atoms with Crippen LogP contribution in [0.15, 0.2) is 35.9 Å². The minimum Gasteiger partial charge on any atom is -0.311 e. The molecule has 1 N–H and O–H groups in total. The van der Waals surface area contributed by atoms with E-state index in [-0.39, 0.29) is 0 Å². The summed E-state index contributed by atoms with van der Waals surface area (Å²) in [5, 5.41) is 3.74. The number of hydrogen-bond donors (Lipinski definition) is 1. The predicted molar refractivity (Wildman–Crippen MR) is 82.4 cm³/mol. The van der Waals surface area contributed by atoms with Gasteiger partial charge in [-0.15, -0.1) is 0 Å². The van der Waals surface area contributed by atoms with Crippen LogP contribution < -0.4 is 5.32 Å². The van der Waals surface area contributed by atoms with Crippen molar-refractivity contribution in [2.75, 3.05) is 0 Å². The Bertz CT molecular complexity index is 495. The van der Waals surface area contributed by atoms with E-state index in [4.69, 9.17) is 0 Å². The van der Waals surface area contributed by atoms with E-state index in [0.29, 0.717) is 23.8 Å². The quantitative estimate of drug-likeness (QED) is 0.905. The monoisotopic (exact) mass is 269 g/mol. The van der Waals surface area contributed by atoms with Crippen molar-refractivity contribution in [1.29, 1.82) is 0 Å². The van der Waals surface area contributed by atoms with Gasteiger partial charge in [0, 0.05) is 24.9 Å². The molecule has 0 aliphatic heterocycles. The highest BCUT2D eigenvalue weighted by Crippen LogP contribution is 2.39. The lowest BCUT2D eigenvalue weighted by molar-refractivity contribution is -0.120. The summed E-state index contributed by atoms with van der Waals surface area (Å²) in [5.41, 5.74) is 2.76. The lowest BCUT2D eigenvalue weighted by atomic mass is 9.94. The van der Waals surface area contributed by atoms with Gasteiger partial charge in [0.25, 0.3) is 0 Å². The molecule has 0 unspecified atom stereocenters. The minimum absolute atomic E-state index is 0.440. The minimum atomic E-state index is 0.440. The lowest BCUT2D eigenvalue weighted by Gasteiger charge is -2.22. The Labute approximate surface area is 121 Å². The second kappa shape index (κ2) is 5.92. The Hall–Kier alpha value is -1.41. The molecule has 0 amide bonds. The topological polar surface area (TPSA) is 29.1 Å². The highest BCUT2D eigenvalue weighted by molar-refractivity contribution is 5.79. The Morgan fingerprint density at radius 2 is 1.90 bits per heavy atom. The van der Waals surface area contributed by atoms with Crippen molar-refractivity contribution in [1.82, 2.24) is 5.32 Å². The summed E-state index contributed by atoms with van der Waals surface area (Å²) < 4.78 is 0. The molecule has 0 aromatic heterocycles. The smallest absolute Gasteiger partial charge is 0.133 e. The van der Waals surface area contributed by atoms with E-state index in [1.165, 1.54) is 17.6 Å².